The molecule has 0 aliphatic heterocycles. The van der Waals surface area contributed by atoms with Crippen molar-refractivity contribution in [3.8, 4) is 5.75 Å². The SMILES string of the molecule is Cc1ccccc1C(=O)Oc1ccc(/C=N/NC(=O)C(=O)Nc2ccccc2C(=O)Nc2ccccc2)cc1. The number of hydrogen-bond donors (Lipinski definition) is 3. The van der Waals surface area contributed by atoms with Crippen molar-refractivity contribution < 1.29 is 23.9 Å². The molecule has 9 nitrogen and oxygen atoms in total. The molecule has 194 valence electrons. The fourth-order valence-corrected chi connectivity index (χ4v) is 3.49. The number of nitrogens with zero attached hydrogens (tertiary/aromatic N) is 1. The number of nitrogens with one attached hydrogen (secondary N) is 3. The highest BCUT2D eigenvalue weighted by atomic mass is 16.5. The van der Waals surface area contributed by atoms with E-state index in [1.165, 1.54) is 18.3 Å². The molecule has 4 aromatic carbocycles. The van der Waals surface area contributed by atoms with Crippen molar-refractivity contribution >= 4 is 41.3 Å². The van der Waals surface area contributed by atoms with Crippen LogP contribution in [-0.4, -0.2) is 29.9 Å². The second-order valence-electron chi connectivity index (χ2n) is 8.29. The number of rotatable bonds is 7. The van der Waals surface area contributed by atoms with Gasteiger partial charge in [-0.05, 0) is 72.6 Å². The topological polar surface area (TPSA) is 126 Å². The molecule has 0 fully saturated rings. The number of para-hydroxylation sites is 2. The van der Waals surface area contributed by atoms with Gasteiger partial charge in [0.15, 0.2) is 0 Å². The predicted molar refractivity (Wildman–Crippen MR) is 148 cm³/mol. The summed E-state index contributed by atoms with van der Waals surface area (Å²) in [5.41, 5.74) is 4.98. The largest absolute Gasteiger partial charge is 0.423 e. The fourth-order valence-electron chi connectivity index (χ4n) is 3.49. The molecule has 39 heavy (non-hydrogen) atoms. The van der Waals surface area contributed by atoms with Gasteiger partial charge in [-0.3, -0.25) is 14.4 Å². The van der Waals surface area contributed by atoms with Crippen LogP contribution < -0.4 is 20.8 Å². The lowest BCUT2D eigenvalue weighted by Gasteiger charge is -2.11. The Morgan fingerprint density at radius 1 is 0.692 bits per heavy atom. The Balaban J connectivity index is 1.31. The van der Waals surface area contributed by atoms with E-state index in [9.17, 15) is 19.2 Å². The third kappa shape index (κ3) is 7.23. The molecule has 0 bridgehead atoms. The zero-order valence-electron chi connectivity index (χ0n) is 20.9. The zero-order chi connectivity index (χ0) is 27.6. The lowest BCUT2D eigenvalue weighted by molar-refractivity contribution is -0.136. The van der Waals surface area contributed by atoms with Crippen LogP contribution in [0.15, 0.2) is 108 Å². The summed E-state index contributed by atoms with van der Waals surface area (Å²) in [5.74, 6) is -2.58. The highest BCUT2D eigenvalue weighted by Gasteiger charge is 2.18. The molecule has 0 radical (unpaired) electrons. The lowest BCUT2D eigenvalue weighted by atomic mass is 10.1. The quantitative estimate of drug-likeness (QED) is 0.108. The van der Waals surface area contributed by atoms with E-state index in [0.29, 0.717) is 22.6 Å². The number of carbonyl (C=O) groups is 4. The minimum atomic E-state index is -1.02. The minimum Gasteiger partial charge on any atom is -0.423 e. The van der Waals surface area contributed by atoms with E-state index in [2.05, 4.69) is 21.2 Å². The van der Waals surface area contributed by atoms with Gasteiger partial charge in [-0.1, -0.05) is 48.5 Å². The Hall–Kier alpha value is -5.57. The molecule has 4 rings (SSSR count). The number of ether oxygens (including phenoxy) is 1. The first-order valence-electron chi connectivity index (χ1n) is 11.9. The summed E-state index contributed by atoms with van der Waals surface area (Å²) in [6, 6.07) is 28.7. The molecule has 0 aliphatic rings. The molecule has 0 aromatic heterocycles. The van der Waals surface area contributed by atoms with Gasteiger partial charge in [-0.15, -0.1) is 0 Å². The predicted octanol–water partition coefficient (Wildman–Crippen LogP) is 4.56. The summed E-state index contributed by atoms with van der Waals surface area (Å²) in [6.45, 7) is 1.83. The smallest absolute Gasteiger partial charge is 0.343 e. The van der Waals surface area contributed by atoms with Gasteiger partial charge in [0.25, 0.3) is 5.91 Å². The van der Waals surface area contributed by atoms with Gasteiger partial charge in [0.2, 0.25) is 0 Å². The third-order valence-electron chi connectivity index (χ3n) is 5.49. The number of benzene rings is 4. The molecule has 4 aromatic rings. The average molecular weight is 521 g/mol. The molecule has 0 heterocycles. The van der Waals surface area contributed by atoms with Crippen LogP contribution in [0.2, 0.25) is 0 Å². The van der Waals surface area contributed by atoms with E-state index in [0.717, 1.165) is 5.56 Å². The molecule has 0 atom stereocenters. The summed E-state index contributed by atoms with van der Waals surface area (Å²) in [6.07, 6.45) is 1.33. The van der Waals surface area contributed by atoms with Crippen LogP contribution in [0.25, 0.3) is 0 Å². The van der Waals surface area contributed by atoms with Crippen LogP contribution in [0.3, 0.4) is 0 Å². The Bertz CT molecular complexity index is 1530. The summed E-state index contributed by atoms with van der Waals surface area (Å²) in [5, 5.41) is 8.97. The van der Waals surface area contributed by atoms with Gasteiger partial charge >= 0.3 is 17.8 Å². The molecule has 9 heteroatoms. The van der Waals surface area contributed by atoms with E-state index in [1.54, 1.807) is 72.8 Å². The summed E-state index contributed by atoms with van der Waals surface area (Å²) in [7, 11) is 0. The van der Waals surface area contributed by atoms with E-state index in [-0.39, 0.29) is 11.3 Å². The standard InChI is InChI=1S/C30H24N4O5/c1-20-9-5-6-12-24(20)30(38)39-23-17-15-21(16-18-23)19-31-34-29(37)28(36)33-26-14-8-7-13-25(26)27(35)32-22-10-3-2-4-11-22/h2-19H,1H3,(H,32,35)(H,33,36)(H,34,37)/b31-19+. The van der Waals surface area contributed by atoms with Crippen molar-refractivity contribution in [2.24, 2.45) is 5.10 Å². The van der Waals surface area contributed by atoms with Crippen molar-refractivity contribution in [3.05, 3.63) is 125 Å². The molecule has 0 saturated heterocycles. The Labute approximate surface area is 224 Å². The number of anilines is 2. The molecule has 0 saturated carbocycles. The maximum atomic E-state index is 12.7. The van der Waals surface area contributed by atoms with Crippen LogP contribution in [0.5, 0.6) is 5.75 Å². The van der Waals surface area contributed by atoms with Gasteiger partial charge in [-0.25, -0.2) is 10.2 Å². The number of esters is 1. The van der Waals surface area contributed by atoms with Crippen molar-refractivity contribution in [2.45, 2.75) is 6.92 Å². The highest BCUT2D eigenvalue weighted by Crippen LogP contribution is 2.18. The van der Waals surface area contributed by atoms with Gasteiger partial charge in [0.1, 0.15) is 5.75 Å². The first kappa shape index (κ1) is 26.5. The summed E-state index contributed by atoms with van der Waals surface area (Å²) >= 11 is 0. The molecule has 3 N–H and O–H groups in total. The normalized spacial score (nSPS) is 10.5. The van der Waals surface area contributed by atoms with Crippen molar-refractivity contribution in [1.29, 1.82) is 0 Å². The number of hydrazone groups is 1. The molecular formula is C30H24N4O5. The van der Waals surface area contributed by atoms with Crippen LogP contribution in [0, 0.1) is 6.92 Å². The van der Waals surface area contributed by atoms with Gasteiger partial charge in [0, 0.05) is 5.69 Å². The second-order valence-corrected chi connectivity index (χ2v) is 8.29. The Morgan fingerprint density at radius 3 is 2.05 bits per heavy atom. The maximum absolute atomic E-state index is 12.7. The van der Waals surface area contributed by atoms with Gasteiger partial charge in [-0.2, -0.15) is 5.10 Å². The van der Waals surface area contributed by atoms with Crippen LogP contribution in [-0.2, 0) is 9.59 Å². The first-order valence-corrected chi connectivity index (χ1v) is 11.9. The van der Waals surface area contributed by atoms with Crippen LogP contribution in [0.1, 0.15) is 31.8 Å². The second kappa shape index (κ2) is 12.6. The average Bonchev–Trinajstić information content (AvgIpc) is 2.95. The summed E-state index contributed by atoms with van der Waals surface area (Å²) < 4.78 is 5.39. The maximum Gasteiger partial charge on any atom is 0.343 e. The monoisotopic (exact) mass is 520 g/mol. The van der Waals surface area contributed by atoms with Gasteiger partial charge < -0.3 is 15.4 Å². The Morgan fingerprint density at radius 2 is 1.33 bits per heavy atom. The highest BCUT2D eigenvalue weighted by molar-refractivity contribution is 6.40. The summed E-state index contributed by atoms with van der Waals surface area (Å²) in [4.78, 5) is 49.7. The van der Waals surface area contributed by atoms with Crippen molar-refractivity contribution in [3.63, 3.8) is 0 Å². The van der Waals surface area contributed by atoms with Crippen molar-refractivity contribution in [1.82, 2.24) is 5.43 Å². The Kier molecular flexibility index (Phi) is 8.56. The van der Waals surface area contributed by atoms with Crippen molar-refractivity contribution in [2.75, 3.05) is 10.6 Å². The molecule has 0 spiro atoms. The number of aryl methyl sites for hydroxylation is 1. The first-order chi connectivity index (χ1) is 18.9. The molecular weight excluding hydrogens is 496 g/mol. The van der Waals surface area contributed by atoms with Crippen LogP contribution >= 0.6 is 0 Å². The molecule has 3 amide bonds. The number of carbonyl (C=O) groups excluding carboxylic acids is 4. The lowest BCUT2D eigenvalue weighted by Crippen LogP contribution is -2.33. The number of amides is 3. The minimum absolute atomic E-state index is 0.172. The fraction of sp³-hybridized carbons (Fsp3) is 0.0333. The third-order valence-corrected chi connectivity index (χ3v) is 5.49. The van der Waals surface area contributed by atoms with Crippen LogP contribution in [0.4, 0.5) is 11.4 Å². The van der Waals surface area contributed by atoms with E-state index in [4.69, 9.17) is 4.74 Å². The molecule has 0 aliphatic carbocycles. The van der Waals surface area contributed by atoms with E-state index in [1.807, 2.05) is 25.1 Å². The zero-order valence-corrected chi connectivity index (χ0v) is 20.9. The van der Waals surface area contributed by atoms with Gasteiger partial charge in [0.05, 0.1) is 23.0 Å². The number of hydrogen-bond acceptors (Lipinski definition) is 6. The molecule has 0 unspecified atom stereocenters. The van der Waals surface area contributed by atoms with E-state index >= 15 is 0 Å². The van der Waals surface area contributed by atoms with E-state index < -0.39 is 23.7 Å².